The zero-order chi connectivity index (χ0) is 13.8. The van der Waals surface area contributed by atoms with Crippen molar-refractivity contribution in [3.63, 3.8) is 0 Å². The third kappa shape index (κ3) is 3.17. The minimum absolute atomic E-state index is 0.0489. The van der Waals surface area contributed by atoms with E-state index in [1.165, 1.54) is 17.7 Å². The summed E-state index contributed by atoms with van der Waals surface area (Å²) in [5.41, 5.74) is 1.60. The lowest BCUT2D eigenvalue weighted by atomic mass is 10.2. The van der Waals surface area contributed by atoms with E-state index in [1.54, 1.807) is 11.8 Å². The molecule has 3 heterocycles. The van der Waals surface area contributed by atoms with Crippen LogP contribution in [0.4, 0.5) is 5.13 Å². The predicted octanol–water partition coefficient (Wildman–Crippen LogP) is 0.233. The van der Waals surface area contributed by atoms with Gasteiger partial charge in [0.05, 0.1) is 13.1 Å². The number of anilines is 1. The van der Waals surface area contributed by atoms with Crippen LogP contribution in [0, 0.1) is 0 Å². The van der Waals surface area contributed by atoms with Gasteiger partial charge in [-0.05, 0) is 19.4 Å². The number of amides is 1. The molecule has 0 radical (unpaired) electrons. The number of carbonyl (C=O) groups is 1. The molecule has 1 aliphatic heterocycles. The molecular formula is C11H15N7OS. The second-order valence-electron chi connectivity index (χ2n) is 4.68. The van der Waals surface area contributed by atoms with Crippen molar-refractivity contribution in [1.82, 2.24) is 29.9 Å². The number of nitrogens with one attached hydrogen (secondary N) is 1. The van der Waals surface area contributed by atoms with Crippen LogP contribution < -0.4 is 5.32 Å². The van der Waals surface area contributed by atoms with Crippen molar-refractivity contribution >= 4 is 22.4 Å². The SMILES string of the molecule is O=C(CN1CCCC1Cn1cncn1)Nc1nncs1. The highest BCUT2D eigenvalue weighted by molar-refractivity contribution is 7.13. The number of rotatable bonds is 5. The average Bonchev–Trinajstić information content (AvgIpc) is 3.14. The fourth-order valence-corrected chi connectivity index (χ4v) is 2.88. The van der Waals surface area contributed by atoms with Gasteiger partial charge in [-0.15, -0.1) is 10.2 Å². The van der Waals surface area contributed by atoms with Crippen LogP contribution in [0.25, 0.3) is 0 Å². The standard InChI is InChI=1S/C11H15N7OS/c19-10(15-11-16-13-8-20-11)5-17-3-1-2-9(17)4-18-7-12-6-14-18/h6-9H,1-5H2,(H,15,16,19). The molecule has 0 aromatic carbocycles. The zero-order valence-corrected chi connectivity index (χ0v) is 11.7. The number of nitrogens with zero attached hydrogens (tertiary/aromatic N) is 6. The van der Waals surface area contributed by atoms with Gasteiger partial charge in [-0.1, -0.05) is 11.3 Å². The summed E-state index contributed by atoms with van der Waals surface area (Å²) in [6.45, 7) is 2.08. The molecule has 1 N–H and O–H groups in total. The fourth-order valence-electron chi connectivity index (χ4n) is 2.42. The number of hydrogen-bond acceptors (Lipinski definition) is 7. The lowest BCUT2D eigenvalue weighted by Gasteiger charge is -2.23. The largest absolute Gasteiger partial charge is 0.299 e. The number of carbonyl (C=O) groups excluding carboxylic acids is 1. The van der Waals surface area contributed by atoms with Crippen LogP contribution in [0.15, 0.2) is 18.2 Å². The van der Waals surface area contributed by atoms with Gasteiger partial charge in [-0.2, -0.15) is 5.10 Å². The first-order valence-electron chi connectivity index (χ1n) is 6.44. The third-order valence-electron chi connectivity index (χ3n) is 3.32. The van der Waals surface area contributed by atoms with E-state index < -0.39 is 0 Å². The van der Waals surface area contributed by atoms with Gasteiger partial charge in [-0.3, -0.25) is 19.7 Å². The molecule has 1 aliphatic rings. The Balaban J connectivity index is 1.54. The van der Waals surface area contributed by atoms with Crippen molar-refractivity contribution in [2.75, 3.05) is 18.4 Å². The van der Waals surface area contributed by atoms with Gasteiger partial charge < -0.3 is 0 Å². The first-order chi connectivity index (χ1) is 9.81. The molecule has 8 nitrogen and oxygen atoms in total. The van der Waals surface area contributed by atoms with Crippen molar-refractivity contribution in [2.45, 2.75) is 25.4 Å². The van der Waals surface area contributed by atoms with Crippen LogP contribution in [-0.2, 0) is 11.3 Å². The van der Waals surface area contributed by atoms with E-state index in [9.17, 15) is 4.79 Å². The second kappa shape index (κ2) is 6.06. The molecular weight excluding hydrogens is 278 g/mol. The maximum absolute atomic E-state index is 12.0. The van der Waals surface area contributed by atoms with Crippen LogP contribution in [-0.4, -0.2) is 54.9 Å². The molecule has 3 rings (SSSR count). The highest BCUT2D eigenvalue weighted by atomic mass is 32.1. The average molecular weight is 293 g/mol. The summed E-state index contributed by atoms with van der Waals surface area (Å²) in [5.74, 6) is -0.0489. The van der Waals surface area contributed by atoms with Crippen LogP contribution in [0.2, 0.25) is 0 Å². The van der Waals surface area contributed by atoms with E-state index in [-0.39, 0.29) is 5.91 Å². The maximum Gasteiger partial charge on any atom is 0.240 e. The van der Waals surface area contributed by atoms with Gasteiger partial charge in [0.1, 0.15) is 18.2 Å². The Bertz CT molecular complexity index is 541. The lowest BCUT2D eigenvalue weighted by molar-refractivity contribution is -0.117. The minimum atomic E-state index is -0.0489. The molecule has 1 atom stereocenters. The van der Waals surface area contributed by atoms with E-state index >= 15 is 0 Å². The second-order valence-corrected chi connectivity index (χ2v) is 5.51. The molecule has 0 aliphatic carbocycles. The van der Waals surface area contributed by atoms with Gasteiger partial charge in [-0.25, -0.2) is 4.98 Å². The Morgan fingerprint density at radius 1 is 1.55 bits per heavy atom. The van der Waals surface area contributed by atoms with Crippen LogP contribution in [0.5, 0.6) is 0 Å². The van der Waals surface area contributed by atoms with E-state index in [2.05, 4.69) is 30.5 Å². The monoisotopic (exact) mass is 293 g/mol. The summed E-state index contributed by atoms with van der Waals surface area (Å²) >= 11 is 1.32. The van der Waals surface area contributed by atoms with Gasteiger partial charge in [0.25, 0.3) is 0 Å². The first-order valence-corrected chi connectivity index (χ1v) is 7.32. The molecule has 1 amide bonds. The summed E-state index contributed by atoms with van der Waals surface area (Å²) in [6, 6.07) is 0.330. The first kappa shape index (κ1) is 13.1. The quantitative estimate of drug-likeness (QED) is 0.849. The Hall–Kier alpha value is -1.87. The number of likely N-dealkylation sites (tertiary alicyclic amines) is 1. The molecule has 9 heteroatoms. The summed E-state index contributed by atoms with van der Waals surface area (Å²) in [5, 5.41) is 14.9. The Morgan fingerprint density at radius 2 is 2.50 bits per heavy atom. The third-order valence-corrected chi connectivity index (χ3v) is 3.92. The van der Waals surface area contributed by atoms with Gasteiger partial charge in [0, 0.05) is 6.04 Å². The van der Waals surface area contributed by atoms with E-state index in [1.807, 2.05) is 4.68 Å². The highest BCUT2D eigenvalue weighted by Gasteiger charge is 2.26. The van der Waals surface area contributed by atoms with Crippen LogP contribution in [0.1, 0.15) is 12.8 Å². The van der Waals surface area contributed by atoms with Gasteiger partial charge in [0.15, 0.2) is 0 Å². The van der Waals surface area contributed by atoms with Gasteiger partial charge in [0.2, 0.25) is 11.0 Å². The topological polar surface area (TPSA) is 88.8 Å². The number of aromatic nitrogens is 5. The summed E-state index contributed by atoms with van der Waals surface area (Å²) in [7, 11) is 0. The summed E-state index contributed by atoms with van der Waals surface area (Å²) < 4.78 is 1.81. The van der Waals surface area contributed by atoms with Crippen molar-refractivity contribution in [3.8, 4) is 0 Å². The summed E-state index contributed by atoms with van der Waals surface area (Å²) in [6.07, 6.45) is 5.41. The minimum Gasteiger partial charge on any atom is -0.299 e. The Kier molecular flexibility index (Phi) is 3.97. The van der Waals surface area contributed by atoms with Crippen molar-refractivity contribution in [3.05, 3.63) is 18.2 Å². The zero-order valence-electron chi connectivity index (χ0n) is 10.8. The molecule has 1 fully saturated rings. The molecule has 1 saturated heterocycles. The van der Waals surface area contributed by atoms with Crippen molar-refractivity contribution in [2.24, 2.45) is 0 Å². The smallest absolute Gasteiger partial charge is 0.240 e. The normalized spacial score (nSPS) is 19.3. The molecule has 1 unspecified atom stereocenters. The molecule has 106 valence electrons. The van der Waals surface area contributed by atoms with Gasteiger partial charge >= 0.3 is 0 Å². The Labute approximate surface area is 119 Å². The van der Waals surface area contributed by atoms with Crippen LogP contribution >= 0.6 is 11.3 Å². The van der Waals surface area contributed by atoms with E-state index in [0.717, 1.165) is 25.9 Å². The summed E-state index contributed by atoms with van der Waals surface area (Å²) in [4.78, 5) is 18.1. The predicted molar refractivity (Wildman–Crippen MR) is 73.2 cm³/mol. The van der Waals surface area contributed by atoms with Crippen molar-refractivity contribution < 1.29 is 4.79 Å². The molecule has 0 bridgehead atoms. The van der Waals surface area contributed by atoms with E-state index in [0.29, 0.717) is 17.7 Å². The lowest BCUT2D eigenvalue weighted by Crippen LogP contribution is -2.39. The number of hydrogen-bond donors (Lipinski definition) is 1. The molecule has 2 aromatic heterocycles. The highest BCUT2D eigenvalue weighted by Crippen LogP contribution is 2.18. The molecule has 0 spiro atoms. The molecule has 2 aromatic rings. The molecule has 20 heavy (non-hydrogen) atoms. The van der Waals surface area contributed by atoms with Crippen LogP contribution in [0.3, 0.4) is 0 Å². The Morgan fingerprint density at radius 3 is 3.25 bits per heavy atom. The fraction of sp³-hybridized carbons (Fsp3) is 0.545. The van der Waals surface area contributed by atoms with E-state index in [4.69, 9.17) is 0 Å². The molecule has 0 saturated carbocycles. The van der Waals surface area contributed by atoms with Crippen molar-refractivity contribution in [1.29, 1.82) is 0 Å². The maximum atomic E-state index is 12.0.